The molecule has 0 aromatic carbocycles. The van der Waals surface area contributed by atoms with E-state index in [4.69, 9.17) is 16.3 Å². The van der Waals surface area contributed by atoms with Crippen LogP contribution in [0.2, 0.25) is 5.28 Å². The molecule has 1 aliphatic heterocycles. The Hall–Kier alpha value is -1.40. The molecule has 114 valence electrons. The molecule has 1 saturated heterocycles. The molecule has 3 rings (SSSR count). The van der Waals surface area contributed by atoms with Crippen molar-refractivity contribution in [2.75, 3.05) is 24.7 Å². The molecule has 0 amide bonds. The first-order chi connectivity index (χ1) is 10.1. The van der Waals surface area contributed by atoms with Crippen molar-refractivity contribution in [2.45, 2.75) is 33.4 Å². The standard InChI is InChI=1S/C14H20ClN5O/c1-9(2)6-19-8-16-11-12(19)17-14(15)18-13(11)20-4-5-21-7-10(20)3/h8-10H,4-7H2,1-3H3/t10-/m0/s1. The topological polar surface area (TPSA) is 56.1 Å². The lowest BCUT2D eigenvalue weighted by atomic mass is 10.2. The molecule has 21 heavy (non-hydrogen) atoms. The van der Waals surface area contributed by atoms with Crippen LogP contribution in [0.25, 0.3) is 11.2 Å². The Morgan fingerprint density at radius 2 is 2.24 bits per heavy atom. The van der Waals surface area contributed by atoms with Gasteiger partial charge in [0.15, 0.2) is 17.0 Å². The molecule has 7 heteroatoms. The number of halogens is 1. The van der Waals surface area contributed by atoms with E-state index in [0.717, 1.165) is 30.1 Å². The number of hydrogen-bond donors (Lipinski definition) is 0. The average Bonchev–Trinajstić information content (AvgIpc) is 2.81. The van der Waals surface area contributed by atoms with Gasteiger partial charge in [0, 0.05) is 13.1 Å². The first-order valence-corrected chi connectivity index (χ1v) is 7.67. The van der Waals surface area contributed by atoms with Crippen LogP contribution in [0.3, 0.4) is 0 Å². The highest BCUT2D eigenvalue weighted by atomic mass is 35.5. The molecule has 2 aromatic heterocycles. The molecule has 0 unspecified atom stereocenters. The number of anilines is 1. The summed E-state index contributed by atoms with van der Waals surface area (Å²) in [6, 6.07) is 0.253. The predicted molar refractivity (Wildman–Crippen MR) is 82.8 cm³/mol. The van der Waals surface area contributed by atoms with Gasteiger partial charge in [-0.15, -0.1) is 0 Å². The van der Waals surface area contributed by atoms with Crippen LogP contribution in [0, 0.1) is 5.92 Å². The van der Waals surface area contributed by atoms with Gasteiger partial charge in [-0.3, -0.25) is 0 Å². The van der Waals surface area contributed by atoms with E-state index in [-0.39, 0.29) is 11.3 Å². The van der Waals surface area contributed by atoms with Crippen molar-refractivity contribution in [3.8, 4) is 0 Å². The summed E-state index contributed by atoms with van der Waals surface area (Å²) < 4.78 is 7.53. The lowest BCUT2D eigenvalue weighted by Gasteiger charge is -2.34. The normalized spacial score (nSPS) is 19.7. The Kier molecular flexibility index (Phi) is 3.99. The van der Waals surface area contributed by atoms with Crippen molar-refractivity contribution in [1.29, 1.82) is 0 Å². The van der Waals surface area contributed by atoms with Crippen LogP contribution in [-0.4, -0.2) is 45.3 Å². The van der Waals surface area contributed by atoms with Gasteiger partial charge in [-0.05, 0) is 24.4 Å². The monoisotopic (exact) mass is 309 g/mol. The summed E-state index contributed by atoms with van der Waals surface area (Å²) in [6.45, 7) is 9.49. The lowest BCUT2D eigenvalue weighted by Crippen LogP contribution is -2.44. The zero-order valence-electron chi connectivity index (χ0n) is 12.6. The SMILES string of the molecule is CC(C)Cn1cnc2c(N3CCOC[C@@H]3C)nc(Cl)nc21. The molecule has 0 N–H and O–H groups in total. The summed E-state index contributed by atoms with van der Waals surface area (Å²) in [7, 11) is 0. The smallest absolute Gasteiger partial charge is 0.226 e. The third-order valence-electron chi connectivity index (χ3n) is 3.62. The van der Waals surface area contributed by atoms with Crippen molar-refractivity contribution in [3.63, 3.8) is 0 Å². The molecule has 3 heterocycles. The third kappa shape index (κ3) is 2.82. The molecule has 1 aliphatic rings. The number of imidazole rings is 1. The van der Waals surface area contributed by atoms with Gasteiger partial charge in [-0.25, -0.2) is 4.98 Å². The summed E-state index contributed by atoms with van der Waals surface area (Å²) in [6.07, 6.45) is 1.82. The minimum atomic E-state index is 0.253. The molecular weight excluding hydrogens is 290 g/mol. The largest absolute Gasteiger partial charge is 0.377 e. The maximum Gasteiger partial charge on any atom is 0.226 e. The van der Waals surface area contributed by atoms with E-state index in [2.05, 4.69) is 40.6 Å². The zero-order valence-corrected chi connectivity index (χ0v) is 13.3. The van der Waals surface area contributed by atoms with Gasteiger partial charge in [0.2, 0.25) is 5.28 Å². The second kappa shape index (κ2) is 5.77. The molecule has 1 fully saturated rings. The highest BCUT2D eigenvalue weighted by molar-refractivity contribution is 6.28. The first-order valence-electron chi connectivity index (χ1n) is 7.29. The number of fused-ring (bicyclic) bond motifs is 1. The Bertz CT molecular complexity index is 642. The molecule has 0 radical (unpaired) electrons. The maximum absolute atomic E-state index is 6.13. The summed E-state index contributed by atoms with van der Waals surface area (Å²) in [5.41, 5.74) is 1.62. The van der Waals surface area contributed by atoms with Gasteiger partial charge in [-0.1, -0.05) is 13.8 Å². The number of rotatable bonds is 3. The zero-order chi connectivity index (χ0) is 15.0. The van der Waals surface area contributed by atoms with E-state index in [1.54, 1.807) is 0 Å². The van der Waals surface area contributed by atoms with E-state index in [0.29, 0.717) is 19.1 Å². The van der Waals surface area contributed by atoms with Crippen LogP contribution < -0.4 is 4.90 Å². The quantitative estimate of drug-likeness (QED) is 0.815. The van der Waals surface area contributed by atoms with Crippen molar-refractivity contribution < 1.29 is 4.74 Å². The van der Waals surface area contributed by atoms with Crippen LogP contribution in [0.1, 0.15) is 20.8 Å². The number of ether oxygens (including phenoxy) is 1. The van der Waals surface area contributed by atoms with Gasteiger partial charge >= 0.3 is 0 Å². The first kappa shape index (κ1) is 14.5. The predicted octanol–water partition coefficient (Wildman–Crippen LogP) is 2.36. The van der Waals surface area contributed by atoms with Crippen LogP contribution in [0.5, 0.6) is 0 Å². The molecule has 0 aliphatic carbocycles. The molecule has 0 bridgehead atoms. The fourth-order valence-electron chi connectivity index (χ4n) is 2.67. The number of hydrogen-bond acceptors (Lipinski definition) is 5. The highest BCUT2D eigenvalue weighted by Gasteiger charge is 2.24. The fourth-order valence-corrected chi connectivity index (χ4v) is 2.83. The van der Waals surface area contributed by atoms with E-state index in [1.165, 1.54) is 0 Å². The molecular formula is C14H20ClN5O. The maximum atomic E-state index is 6.13. The van der Waals surface area contributed by atoms with Crippen LogP contribution in [-0.2, 0) is 11.3 Å². The van der Waals surface area contributed by atoms with E-state index < -0.39 is 0 Å². The summed E-state index contributed by atoms with van der Waals surface area (Å²) >= 11 is 6.13. The van der Waals surface area contributed by atoms with Crippen LogP contribution >= 0.6 is 11.6 Å². The summed E-state index contributed by atoms with van der Waals surface area (Å²) in [4.78, 5) is 15.5. The Morgan fingerprint density at radius 1 is 1.43 bits per heavy atom. The summed E-state index contributed by atoms with van der Waals surface area (Å²) in [5, 5.41) is 0.265. The van der Waals surface area contributed by atoms with Crippen LogP contribution in [0.15, 0.2) is 6.33 Å². The van der Waals surface area contributed by atoms with Crippen molar-refractivity contribution in [1.82, 2.24) is 19.5 Å². The van der Waals surface area contributed by atoms with Crippen molar-refractivity contribution in [2.24, 2.45) is 5.92 Å². The van der Waals surface area contributed by atoms with Crippen LogP contribution in [0.4, 0.5) is 5.82 Å². The Morgan fingerprint density at radius 3 is 2.95 bits per heavy atom. The van der Waals surface area contributed by atoms with Gasteiger partial charge in [0.1, 0.15) is 0 Å². The average molecular weight is 310 g/mol. The lowest BCUT2D eigenvalue weighted by molar-refractivity contribution is 0.0986. The van der Waals surface area contributed by atoms with Gasteiger partial charge in [0.25, 0.3) is 0 Å². The molecule has 2 aromatic rings. The Labute approximate surface area is 129 Å². The van der Waals surface area contributed by atoms with Gasteiger partial charge in [0.05, 0.1) is 25.6 Å². The third-order valence-corrected chi connectivity index (χ3v) is 3.79. The number of aromatic nitrogens is 4. The molecule has 0 saturated carbocycles. The molecule has 0 spiro atoms. The van der Waals surface area contributed by atoms with Gasteiger partial charge < -0.3 is 14.2 Å². The second-order valence-electron chi connectivity index (χ2n) is 5.90. The summed E-state index contributed by atoms with van der Waals surface area (Å²) in [5.74, 6) is 1.32. The minimum absolute atomic E-state index is 0.253. The molecule has 1 atom stereocenters. The number of morpholine rings is 1. The minimum Gasteiger partial charge on any atom is -0.377 e. The van der Waals surface area contributed by atoms with Crippen molar-refractivity contribution >= 4 is 28.6 Å². The molecule has 6 nitrogen and oxygen atoms in total. The van der Waals surface area contributed by atoms with Gasteiger partial charge in [-0.2, -0.15) is 9.97 Å². The van der Waals surface area contributed by atoms with E-state index >= 15 is 0 Å². The number of nitrogens with zero attached hydrogens (tertiary/aromatic N) is 5. The second-order valence-corrected chi connectivity index (χ2v) is 6.23. The highest BCUT2D eigenvalue weighted by Crippen LogP contribution is 2.27. The van der Waals surface area contributed by atoms with E-state index in [1.807, 2.05) is 10.9 Å². The fraction of sp³-hybridized carbons (Fsp3) is 0.643. The van der Waals surface area contributed by atoms with E-state index in [9.17, 15) is 0 Å². The van der Waals surface area contributed by atoms with Crippen molar-refractivity contribution in [3.05, 3.63) is 11.6 Å². The Balaban J connectivity index is 2.08.